The first kappa shape index (κ1) is 15.5. The molecule has 0 saturated carbocycles. The van der Waals surface area contributed by atoms with Crippen molar-refractivity contribution >= 4 is 21.6 Å². The maximum Gasteiger partial charge on any atom is 0.246 e. The number of sulfonamides is 1. The summed E-state index contributed by atoms with van der Waals surface area (Å²) in [6, 6.07) is 0. The van der Waals surface area contributed by atoms with E-state index in [-0.39, 0.29) is 0 Å². The number of rotatable bonds is 6. The second-order valence-corrected chi connectivity index (χ2v) is 6.25. The lowest BCUT2D eigenvalue weighted by Gasteiger charge is -2.18. The number of aromatic nitrogens is 2. The number of hydrogen-bond donors (Lipinski definition) is 0. The van der Waals surface area contributed by atoms with Crippen LogP contribution in [0.4, 0.5) is 0 Å². The molecule has 0 aromatic carbocycles. The fourth-order valence-electron chi connectivity index (χ4n) is 2.04. The molecule has 0 radical (unpaired) electrons. The molecule has 0 amide bonds. The van der Waals surface area contributed by atoms with Crippen molar-refractivity contribution in [2.24, 2.45) is 0 Å². The monoisotopic (exact) mass is 293 g/mol. The molecule has 7 heteroatoms. The van der Waals surface area contributed by atoms with Gasteiger partial charge in [-0.05, 0) is 13.8 Å². The SMILES string of the molecule is CCN(CC)S(=O)(=O)c1c(C)nn(CCCl)c1C. The first-order valence-electron chi connectivity index (χ1n) is 6.00. The average Bonchev–Trinajstić information content (AvgIpc) is 2.56. The van der Waals surface area contributed by atoms with E-state index in [1.165, 1.54) is 4.31 Å². The van der Waals surface area contributed by atoms with Crippen molar-refractivity contribution in [1.29, 1.82) is 0 Å². The lowest BCUT2D eigenvalue weighted by molar-refractivity contribution is 0.444. The van der Waals surface area contributed by atoms with E-state index in [4.69, 9.17) is 11.6 Å². The molecule has 0 fully saturated rings. The summed E-state index contributed by atoms with van der Waals surface area (Å²) in [6.07, 6.45) is 0. The number of halogens is 1. The average molecular weight is 294 g/mol. The Bertz CT molecular complexity index is 507. The Hall–Kier alpha value is -0.590. The molecule has 0 unspecified atom stereocenters. The smallest absolute Gasteiger partial charge is 0.246 e. The standard InChI is InChI=1S/C11H20ClN3O2S/c1-5-14(6-2)18(16,17)11-9(3)13-15(8-7-12)10(11)4/h5-8H2,1-4H3. The van der Waals surface area contributed by atoms with Crippen molar-refractivity contribution < 1.29 is 8.42 Å². The zero-order valence-electron chi connectivity index (χ0n) is 11.3. The molecule has 1 aromatic heterocycles. The molecule has 0 atom stereocenters. The summed E-state index contributed by atoms with van der Waals surface area (Å²) in [6.45, 7) is 8.57. The summed E-state index contributed by atoms with van der Waals surface area (Å²) in [5.74, 6) is 0.409. The van der Waals surface area contributed by atoms with Gasteiger partial charge in [0.15, 0.2) is 0 Å². The minimum Gasteiger partial charge on any atom is -0.267 e. The molecule has 0 bridgehead atoms. The van der Waals surface area contributed by atoms with Crippen LogP contribution in [0, 0.1) is 13.8 Å². The second-order valence-electron chi connectivity index (χ2n) is 4.00. The predicted octanol–water partition coefficient (Wildman–Crippen LogP) is 1.77. The highest BCUT2D eigenvalue weighted by Gasteiger charge is 2.28. The van der Waals surface area contributed by atoms with Gasteiger partial charge in [0.2, 0.25) is 10.0 Å². The van der Waals surface area contributed by atoms with Gasteiger partial charge in [-0.15, -0.1) is 11.6 Å². The quantitative estimate of drug-likeness (QED) is 0.751. The van der Waals surface area contributed by atoms with E-state index < -0.39 is 10.0 Å². The molecule has 0 saturated heterocycles. The van der Waals surface area contributed by atoms with Crippen LogP contribution in [0.3, 0.4) is 0 Å². The Morgan fingerprint density at radius 2 is 1.83 bits per heavy atom. The molecule has 1 rings (SSSR count). The van der Waals surface area contributed by atoms with Crippen LogP contribution >= 0.6 is 11.6 Å². The van der Waals surface area contributed by atoms with Crippen molar-refractivity contribution in [3.8, 4) is 0 Å². The minimum atomic E-state index is -3.45. The Balaban J connectivity index is 3.33. The molecule has 1 aromatic rings. The molecular formula is C11H20ClN3O2S. The maximum atomic E-state index is 12.5. The van der Waals surface area contributed by atoms with E-state index in [0.717, 1.165) is 0 Å². The summed E-state index contributed by atoms with van der Waals surface area (Å²) in [4.78, 5) is 0.316. The summed E-state index contributed by atoms with van der Waals surface area (Å²) in [5.41, 5.74) is 1.18. The Morgan fingerprint density at radius 1 is 1.28 bits per heavy atom. The molecule has 18 heavy (non-hydrogen) atoms. The van der Waals surface area contributed by atoms with Gasteiger partial charge in [0.05, 0.1) is 17.9 Å². The van der Waals surface area contributed by atoms with Gasteiger partial charge in [0.25, 0.3) is 0 Å². The van der Waals surface area contributed by atoms with Gasteiger partial charge in [0.1, 0.15) is 4.90 Å². The van der Waals surface area contributed by atoms with Crippen LogP contribution in [-0.2, 0) is 16.6 Å². The van der Waals surface area contributed by atoms with Gasteiger partial charge < -0.3 is 0 Å². The molecule has 0 aliphatic rings. The molecular weight excluding hydrogens is 274 g/mol. The topological polar surface area (TPSA) is 55.2 Å². The van der Waals surface area contributed by atoms with Gasteiger partial charge in [-0.1, -0.05) is 13.8 Å². The summed E-state index contributed by atoms with van der Waals surface area (Å²) in [7, 11) is -3.45. The van der Waals surface area contributed by atoms with Gasteiger partial charge in [-0.2, -0.15) is 9.40 Å². The number of alkyl halides is 1. The Kier molecular flexibility index (Phi) is 5.19. The highest BCUT2D eigenvalue weighted by Crippen LogP contribution is 2.23. The van der Waals surface area contributed by atoms with E-state index in [9.17, 15) is 8.42 Å². The van der Waals surface area contributed by atoms with Crippen molar-refractivity contribution in [3.05, 3.63) is 11.4 Å². The first-order chi connectivity index (χ1) is 8.39. The van der Waals surface area contributed by atoms with Crippen LogP contribution < -0.4 is 0 Å². The highest BCUT2D eigenvalue weighted by atomic mass is 35.5. The largest absolute Gasteiger partial charge is 0.267 e. The zero-order chi connectivity index (χ0) is 13.9. The van der Waals surface area contributed by atoms with Crippen molar-refractivity contribution in [1.82, 2.24) is 14.1 Å². The lowest BCUT2D eigenvalue weighted by atomic mass is 10.4. The van der Waals surface area contributed by atoms with Gasteiger partial charge in [0, 0.05) is 19.0 Å². The van der Waals surface area contributed by atoms with Crippen LogP contribution in [0.25, 0.3) is 0 Å². The molecule has 104 valence electrons. The summed E-state index contributed by atoms with van der Waals surface area (Å²) in [5, 5.41) is 4.24. The Labute approximate surface area is 114 Å². The molecule has 0 spiro atoms. The molecule has 0 aliphatic heterocycles. The first-order valence-corrected chi connectivity index (χ1v) is 7.97. The fourth-order valence-corrected chi connectivity index (χ4v) is 4.04. The third-order valence-electron chi connectivity index (χ3n) is 2.91. The molecule has 0 N–H and O–H groups in total. The third-order valence-corrected chi connectivity index (χ3v) is 5.39. The van der Waals surface area contributed by atoms with Crippen LogP contribution in [0.1, 0.15) is 25.2 Å². The third kappa shape index (κ3) is 2.70. The van der Waals surface area contributed by atoms with E-state index in [0.29, 0.717) is 41.8 Å². The predicted molar refractivity (Wildman–Crippen MR) is 72.5 cm³/mol. The number of nitrogens with zero attached hydrogens (tertiary/aromatic N) is 3. The van der Waals surface area contributed by atoms with Gasteiger partial charge >= 0.3 is 0 Å². The number of aryl methyl sites for hydroxylation is 2. The Morgan fingerprint density at radius 3 is 2.28 bits per heavy atom. The van der Waals surface area contributed by atoms with Gasteiger partial charge in [-0.3, -0.25) is 4.68 Å². The summed E-state index contributed by atoms with van der Waals surface area (Å²) < 4.78 is 28.1. The normalized spacial score (nSPS) is 12.3. The molecule has 5 nitrogen and oxygen atoms in total. The zero-order valence-corrected chi connectivity index (χ0v) is 12.8. The van der Waals surface area contributed by atoms with Crippen LogP contribution in [0.15, 0.2) is 4.90 Å². The number of hydrogen-bond acceptors (Lipinski definition) is 3. The molecule has 0 aliphatic carbocycles. The van der Waals surface area contributed by atoms with Crippen molar-refractivity contribution in [2.45, 2.75) is 39.1 Å². The lowest BCUT2D eigenvalue weighted by Crippen LogP contribution is -2.31. The van der Waals surface area contributed by atoms with E-state index >= 15 is 0 Å². The van der Waals surface area contributed by atoms with Crippen LogP contribution in [0.2, 0.25) is 0 Å². The van der Waals surface area contributed by atoms with Crippen molar-refractivity contribution in [2.75, 3.05) is 19.0 Å². The highest BCUT2D eigenvalue weighted by molar-refractivity contribution is 7.89. The molecule has 1 heterocycles. The maximum absolute atomic E-state index is 12.5. The van der Waals surface area contributed by atoms with Crippen LogP contribution in [-0.4, -0.2) is 41.5 Å². The van der Waals surface area contributed by atoms with E-state index in [2.05, 4.69) is 5.10 Å². The van der Waals surface area contributed by atoms with Gasteiger partial charge in [-0.25, -0.2) is 8.42 Å². The second kappa shape index (κ2) is 6.04. The minimum absolute atomic E-state index is 0.316. The van der Waals surface area contributed by atoms with E-state index in [1.807, 2.05) is 13.8 Å². The van der Waals surface area contributed by atoms with Crippen molar-refractivity contribution in [3.63, 3.8) is 0 Å². The summed E-state index contributed by atoms with van der Waals surface area (Å²) >= 11 is 5.68. The van der Waals surface area contributed by atoms with Crippen LogP contribution in [0.5, 0.6) is 0 Å². The van der Waals surface area contributed by atoms with E-state index in [1.54, 1.807) is 18.5 Å². The fraction of sp³-hybridized carbons (Fsp3) is 0.727.